The van der Waals surface area contributed by atoms with Gasteiger partial charge in [0.1, 0.15) is 11.1 Å². The van der Waals surface area contributed by atoms with Crippen molar-refractivity contribution >= 4 is 23.2 Å². The third-order valence-electron chi connectivity index (χ3n) is 4.64. The predicted octanol–water partition coefficient (Wildman–Crippen LogP) is 3.30. The topological polar surface area (TPSA) is 70.1 Å². The first kappa shape index (κ1) is 23.8. The van der Waals surface area contributed by atoms with E-state index in [9.17, 15) is 4.79 Å². The molecule has 1 aromatic heterocycles. The van der Waals surface area contributed by atoms with E-state index < -0.39 is 0 Å². The van der Waals surface area contributed by atoms with E-state index in [-0.39, 0.29) is 12.0 Å². The number of aliphatic imine (C=N–C) groups is 1. The highest BCUT2D eigenvalue weighted by molar-refractivity contribution is 7.09. The van der Waals surface area contributed by atoms with Crippen molar-refractivity contribution in [2.75, 3.05) is 34.3 Å². The van der Waals surface area contributed by atoms with Crippen LogP contribution < -0.4 is 5.32 Å². The van der Waals surface area contributed by atoms with Crippen molar-refractivity contribution < 1.29 is 9.53 Å². The third kappa shape index (κ3) is 7.42. The summed E-state index contributed by atoms with van der Waals surface area (Å²) < 4.78 is 5.34. The van der Waals surface area contributed by atoms with Crippen molar-refractivity contribution in [2.24, 2.45) is 4.99 Å². The number of amides is 1. The zero-order valence-electron chi connectivity index (χ0n) is 18.6. The summed E-state index contributed by atoms with van der Waals surface area (Å²) in [4.78, 5) is 25.5. The number of aromatic nitrogens is 1. The monoisotopic (exact) mass is 431 g/mol. The number of hydrogen-bond acceptors (Lipinski definition) is 5. The second-order valence-electron chi connectivity index (χ2n) is 7.13. The molecule has 0 bridgehead atoms. The van der Waals surface area contributed by atoms with Crippen molar-refractivity contribution in [1.82, 2.24) is 20.1 Å². The summed E-state index contributed by atoms with van der Waals surface area (Å²) in [6.45, 7) is 6.46. The molecule has 8 heteroatoms. The highest BCUT2D eigenvalue weighted by Gasteiger charge is 2.13. The SMILES string of the molecule is CCNC(=NCCC(=O)N(C)Cc1ccccc1)N(C)Cc1csc(C(C)OC)n1. The number of nitrogens with one attached hydrogen (secondary N) is 1. The second-order valence-corrected chi connectivity index (χ2v) is 8.02. The Morgan fingerprint density at radius 3 is 2.63 bits per heavy atom. The van der Waals surface area contributed by atoms with Gasteiger partial charge >= 0.3 is 0 Å². The van der Waals surface area contributed by atoms with Crippen LogP contribution in [0.1, 0.15) is 42.6 Å². The molecule has 30 heavy (non-hydrogen) atoms. The molecule has 0 aliphatic rings. The average Bonchev–Trinajstić information content (AvgIpc) is 3.21. The molecule has 1 heterocycles. The van der Waals surface area contributed by atoms with E-state index in [0.717, 1.165) is 28.8 Å². The molecule has 1 atom stereocenters. The number of rotatable bonds is 10. The van der Waals surface area contributed by atoms with E-state index in [0.29, 0.717) is 26.1 Å². The fourth-order valence-electron chi connectivity index (χ4n) is 2.86. The summed E-state index contributed by atoms with van der Waals surface area (Å²) in [6, 6.07) is 9.99. The molecular weight excluding hydrogens is 398 g/mol. The Labute approximate surface area is 183 Å². The normalized spacial score (nSPS) is 12.5. The summed E-state index contributed by atoms with van der Waals surface area (Å²) in [5.41, 5.74) is 2.10. The minimum atomic E-state index is -0.00477. The summed E-state index contributed by atoms with van der Waals surface area (Å²) in [6.07, 6.45) is 0.369. The van der Waals surface area contributed by atoms with Crippen molar-refractivity contribution in [2.45, 2.75) is 39.5 Å². The van der Waals surface area contributed by atoms with E-state index in [2.05, 4.69) is 15.3 Å². The first-order chi connectivity index (χ1) is 14.4. The molecule has 0 aliphatic heterocycles. The van der Waals surface area contributed by atoms with Crippen LogP contribution in [0.5, 0.6) is 0 Å². The highest BCUT2D eigenvalue weighted by atomic mass is 32.1. The molecule has 0 saturated heterocycles. The van der Waals surface area contributed by atoms with Crippen LogP contribution in [-0.4, -0.2) is 60.9 Å². The molecule has 1 N–H and O–H groups in total. The quantitative estimate of drug-likeness (QED) is 0.462. The average molecular weight is 432 g/mol. The van der Waals surface area contributed by atoms with Gasteiger partial charge < -0.3 is 19.9 Å². The van der Waals surface area contributed by atoms with Crippen molar-refractivity contribution in [3.63, 3.8) is 0 Å². The number of ether oxygens (including phenoxy) is 1. The zero-order chi connectivity index (χ0) is 21.9. The van der Waals surface area contributed by atoms with Crippen molar-refractivity contribution in [3.05, 3.63) is 52.0 Å². The van der Waals surface area contributed by atoms with Gasteiger partial charge in [-0.15, -0.1) is 11.3 Å². The standard InChI is InChI=1S/C22H33N5O2S/c1-6-23-22(27(4)15-19-16-30-21(25-19)17(2)29-5)24-13-12-20(28)26(3)14-18-10-8-7-9-11-18/h7-11,16-17H,6,12-15H2,1-5H3,(H,23,24). The molecule has 2 rings (SSSR count). The summed E-state index contributed by atoms with van der Waals surface area (Å²) >= 11 is 1.60. The molecule has 0 spiro atoms. The Morgan fingerprint density at radius 2 is 1.97 bits per heavy atom. The molecular formula is C22H33N5O2S. The number of carbonyl (C=O) groups is 1. The molecule has 164 valence electrons. The lowest BCUT2D eigenvalue weighted by Crippen LogP contribution is -2.38. The predicted molar refractivity (Wildman–Crippen MR) is 123 cm³/mol. The van der Waals surface area contributed by atoms with Gasteiger partial charge in [-0.1, -0.05) is 30.3 Å². The molecule has 1 aromatic carbocycles. The Morgan fingerprint density at radius 1 is 1.23 bits per heavy atom. The van der Waals surface area contributed by atoms with Crippen LogP contribution >= 0.6 is 11.3 Å². The van der Waals surface area contributed by atoms with Gasteiger partial charge in [0.15, 0.2) is 5.96 Å². The number of carbonyl (C=O) groups excluding carboxylic acids is 1. The highest BCUT2D eigenvalue weighted by Crippen LogP contribution is 2.20. The van der Waals surface area contributed by atoms with E-state index in [1.165, 1.54) is 0 Å². The summed E-state index contributed by atoms with van der Waals surface area (Å²) in [5.74, 6) is 0.851. The molecule has 0 saturated carbocycles. The van der Waals surface area contributed by atoms with Crippen molar-refractivity contribution in [1.29, 1.82) is 0 Å². The summed E-state index contributed by atoms with van der Waals surface area (Å²) in [7, 11) is 5.49. The lowest BCUT2D eigenvalue weighted by atomic mass is 10.2. The molecule has 1 amide bonds. The second kappa shape index (κ2) is 12.3. The van der Waals surface area contributed by atoms with Gasteiger partial charge in [0.05, 0.1) is 18.8 Å². The first-order valence-corrected chi connectivity index (χ1v) is 11.1. The van der Waals surface area contributed by atoms with Gasteiger partial charge in [0, 0.05) is 46.1 Å². The van der Waals surface area contributed by atoms with E-state index in [4.69, 9.17) is 4.74 Å². The molecule has 0 radical (unpaired) electrons. The maximum Gasteiger partial charge on any atom is 0.224 e. The maximum atomic E-state index is 12.4. The van der Waals surface area contributed by atoms with Crippen molar-refractivity contribution in [3.8, 4) is 0 Å². The van der Waals surface area contributed by atoms with Crippen LogP contribution in [0.2, 0.25) is 0 Å². The molecule has 0 aliphatic carbocycles. The van der Waals surface area contributed by atoms with Gasteiger partial charge in [-0.05, 0) is 19.4 Å². The number of nitrogens with zero attached hydrogens (tertiary/aromatic N) is 4. The number of thiazole rings is 1. The number of guanidine groups is 1. The first-order valence-electron chi connectivity index (χ1n) is 10.2. The minimum Gasteiger partial charge on any atom is -0.375 e. The molecule has 7 nitrogen and oxygen atoms in total. The summed E-state index contributed by atoms with van der Waals surface area (Å²) in [5, 5.41) is 6.30. The van der Waals surface area contributed by atoms with Gasteiger partial charge in [0.2, 0.25) is 5.91 Å². The van der Waals surface area contributed by atoms with Crippen LogP contribution in [0.15, 0.2) is 40.7 Å². The zero-order valence-corrected chi connectivity index (χ0v) is 19.4. The fourth-order valence-corrected chi connectivity index (χ4v) is 3.71. The van der Waals surface area contributed by atoms with Crippen LogP contribution in [0.25, 0.3) is 0 Å². The minimum absolute atomic E-state index is 0.00477. The Bertz CT molecular complexity index is 809. The van der Waals surface area contributed by atoms with Gasteiger partial charge in [0.25, 0.3) is 0 Å². The van der Waals surface area contributed by atoms with E-state index >= 15 is 0 Å². The lowest BCUT2D eigenvalue weighted by Gasteiger charge is -2.21. The smallest absolute Gasteiger partial charge is 0.224 e. The van der Waals surface area contributed by atoms with Crippen LogP contribution in [0, 0.1) is 0 Å². The number of hydrogen-bond donors (Lipinski definition) is 1. The molecule has 0 fully saturated rings. The largest absolute Gasteiger partial charge is 0.375 e. The van der Waals surface area contributed by atoms with Gasteiger partial charge in [-0.2, -0.15) is 0 Å². The Balaban J connectivity index is 1.89. The van der Waals surface area contributed by atoms with Gasteiger partial charge in [-0.25, -0.2) is 4.98 Å². The van der Waals surface area contributed by atoms with Crippen LogP contribution in [-0.2, 0) is 22.6 Å². The van der Waals surface area contributed by atoms with Crippen LogP contribution in [0.3, 0.4) is 0 Å². The van der Waals surface area contributed by atoms with E-state index in [1.807, 2.05) is 68.6 Å². The van der Waals surface area contributed by atoms with E-state index in [1.54, 1.807) is 23.3 Å². The molecule has 2 aromatic rings. The number of benzene rings is 1. The fraction of sp³-hybridized carbons (Fsp3) is 0.500. The molecule has 1 unspecified atom stereocenters. The Hall–Kier alpha value is -2.45. The third-order valence-corrected chi connectivity index (χ3v) is 5.70. The van der Waals surface area contributed by atoms with Crippen LogP contribution in [0.4, 0.5) is 0 Å². The lowest BCUT2D eigenvalue weighted by molar-refractivity contribution is -0.130. The van der Waals surface area contributed by atoms with Gasteiger partial charge in [-0.3, -0.25) is 9.79 Å². The Kier molecular flexibility index (Phi) is 9.76. The number of methoxy groups -OCH3 is 1. The maximum absolute atomic E-state index is 12.4.